The Balaban J connectivity index is 1.89. The van der Waals surface area contributed by atoms with Crippen LogP contribution in [0.1, 0.15) is 30.9 Å². The van der Waals surface area contributed by atoms with Crippen LogP contribution >= 0.6 is 0 Å². The topological polar surface area (TPSA) is 29.3 Å². The van der Waals surface area contributed by atoms with E-state index < -0.39 is 0 Å². The minimum atomic E-state index is 0.602. The Morgan fingerprint density at radius 1 is 1.41 bits per heavy atom. The number of fused-ring (bicyclic) bond motifs is 1. The van der Waals surface area contributed by atoms with E-state index in [2.05, 4.69) is 43.0 Å². The third-order valence-corrected chi connectivity index (χ3v) is 3.86. The molecule has 1 aromatic carbocycles. The Labute approximate surface area is 105 Å². The predicted octanol–water partition coefficient (Wildman–Crippen LogP) is 2.24. The summed E-state index contributed by atoms with van der Waals surface area (Å²) >= 11 is 0. The van der Waals surface area contributed by atoms with Gasteiger partial charge in [-0.2, -0.15) is 0 Å². The molecular weight excluding hydrogens is 208 g/mol. The van der Waals surface area contributed by atoms with Gasteiger partial charge in [0.2, 0.25) is 0 Å². The largest absolute Gasteiger partial charge is 0.330 e. The van der Waals surface area contributed by atoms with Crippen molar-refractivity contribution in [3.63, 3.8) is 0 Å². The molecule has 17 heavy (non-hydrogen) atoms. The first-order chi connectivity index (χ1) is 8.24. The maximum atomic E-state index is 5.70. The Hall–Kier alpha value is -0.860. The van der Waals surface area contributed by atoms with Gasteiger partial charge in [-0.3, -0.25) is 0 Å². The molecule has 0 saturated carbocycles. The Kier molecular flexibility index (Phi) is 4.19. The van der Waals surface area contributed by atoms with Crippen molar-refractivity contribution in [1.82, 2.24) is 4.90 Å². The van der Waals surface area contributed by atoms with Gasteiger partial charge < -0.3 is 10.6 Å². The normalized spacial score (nSPS) is 19.9. The number of nitrogens with two attached hydrogens (primary N) is 1. The van der Waals surface area contributed by atoms with Gasteiger partial charge in [0.05, 0.1) is 0 Å². The zero-order valence-corrected chi connectivity index (χ0v) is 11.0. The fourth-order valence-electron chi connectivity index (χ4n) is 2.69. The average molecular weight is 232 g/mol. The fraction of sp³-hybridized carbons (Fsp3) is 0.600. The first-order valence-corrected chi connectivity index (χ1v) is 6.74. The van der Waals surface area contributed by atoms with Gasteiger partial charge >= 0.3 is 0 Å². The highest BCUT2D eigenvalue weighted by atomic mass is 15.1. The SMILES string of the molecule is CCN(CC(C)CN)CC1Cc2ccccc21. The van der Waals surface area contributed by atoms with Gasteiger partial charge in [-0.15, -0.1) is 0 Å². The molecule has 0 bridgehead atoms. The van der Waals surface area contributed by atoms with Crippen LogP contribution in [0.4, 0.5) is 0 Å². The predicted molar refractivity (Wildman–Crippen MR) is 73.2 cm³/mol. The summed E-state index contributed by atoms with van der Waals surface area (Å²) in [6.45, 7) is 8.72. The smallest absolute Gasteiger partial charge is 0.00536 e. The highest BCUT2D eigenvalue weighted by Crippen LogP contribution is 2.35. The lowest BCUT2D eigenvalue weighted by molar-refractivity contribution is 0.229. The summed E-state index contributed by atoms with van der Waals surface area (Å²) < 4.78 is 0. The molecular formula is C15H24N2. The van der Waals surface area contributed by atoms with Crippen LogP contribution in [0.2, 0.25) is 0 Å². The van der Waals surface area contributed by atoms with Crippen LogP contribution in [0.3, 0.4) is 0 Å². The summed E-state index contributed by atoms with van der Waals surface area (Å²) in [5.41, 5.74) is 8.81. The molecule has 94 valence electrons. The number of nitrogens with zero attached hydrogens (tertiary/aromatic N) is 1. The first-order valence-electron chi connectivity index (χ1n) is 6.74. The summed E-state index contributed by atoms with van der Waals surface area (Å²) in [6.07, 6.45) is 1.25. The standard InChI is InChI=1S/C15H24N2/c1-3-17(10-12(2)9-16)11-14-8-13-6-4-5-7-15(13)14/h4-7,12,14H,3,8-11,16H2,1-2H3. The molecule has 0 amide bonds. The molecule has 0 radical (unpaired) electrons. The molecule has 1 aromatic rings. The van der Waals surface area contributed by atoms with E-state index in [1.165, 1.54) is 13.0 Å². The maximum Gasteiger partial charge on any atom is 0.00536 e. The number of rotatable bonds is 6. The van der Waals surface area contributed by atoms with Crippen LogP contribution < -0.4 is 5.73 Å². The monoisotopic (exact) mass is 232 g/mol. The molecule has 0 saturated heterocycles. The minimum absolute atomic E-state index is 0.602. The summed E-state index contributed by atoms with van der Waals surface area (Å²) in [7, 11) is 0. The van der Waals surface area contributed by atoms with Crippen LogP contribution in [0.5, 0.6) is 0 Å². The van der Waals surface area contributed by atoms with E-state index in [0.717, 1.165) is 25.6 Å². The van der Waals surface area contributed by atoms with Gasteiger partial charge in [0.1, 0.15) is 0 Å². The molecule has 2 N–H and O–H groups in total. The second-order valence-electron chi connectivity index (χ2n) is 5.29. The summed E-state index contributed by atoms with van der Waals surface area (Å²) in [4.78, 5) is 2.54. The zero-order valence-electron chi connectivity index (χ0n) is 11.0. The quantitative estimate of drug-likeness (QED) is 0.815. The molecule has 2 atom stereocenters. The van der Waals surface area contributed by atoms with Crippen molar-refractivity contribution in [2.45, 2.75) is 26.2 Å². The molecule has 0 spiro atoms. The van der Waals surface area contributed by atoms with E-state index in [9.17, 15) is 0 Å². The van der Waals surface area contributed by atoms with E-state index in [1.807, 2.05) is 0 Å². The third-order valence-electron chi connectivity index (χ3n) is 3.86. The van der Waals surface area contributed by atoms with Crippen LogP contribution in [0.15, 0.2) is 24.3 Å². The molecule has 0 fully saturated rings. The second kappa shape index (κ2) is 5.65. The summed E-state index contributed by atoms with van der Waals surface area (Å²) in [5, 5.41) is 0. The van der Waals surface area contributed by atoms with Gasteiger partial charge in [0.15, 0.2) is 0 Å². The van der Waals surface area contributed by atoms with Crippen LogP contribution in [0.25, 0.3) is 0 Å². The molecule has 2 rings (SSSR count). The fourth-order valence-corrected chi connectivity index (χ4v) is 2.69. The average Bonchev–Trinajstić information content (AvgIpc) is 2.34. The van der Waals surface area contributed by atoms with E-state index in [0.29, 0.717) is 5.92 Å². The lowest BCUT2D eigenvalue weighted by atomic mass is 9.77. The van der Waals surface area contributed by atoms with Gasteiger partial charge in [0.25, 0.3) is 0 Å². The van der Waals surface area contributed by atoms with E-state index in [-0.39, 0.29) is 0 Å². The highest BCUT2D eigenvalue weighted by Gasteiger charge is 2.26. The first kappa shape index (κ1) is 12.6. The van der Waals surface area contributed by atoms with Crippen molar-refractivity contribution in [2.24, 2.45) is 11.7 Å². The molecule has 0 aliphatic heterocycles. The Morgan fingerprint density at radius 2 is 2.18 bits per heavy atom. The summed E-state index contributed by atoms with van der Waals surface area (Å²) in [6, 6.07) is 8.83. The van der Waals surface area contributed by atoms with Crippen LogP contribution in [0, 0.1) is 5.92 Å². The van der Waals surface area contributed by atoms with Crippen molar-refractivity contribution in [3.8, 4) is 0 Å². The molecule has 0 heterocycles. The molecule has 1 aliphatic carbocycles. The van der Waals surface area contributed by atoms with Gasteiger partial charge in [-0.1, -0.05) is 38.1 Å². The van der Waals surface area contributed by atoms with Gasteiger partial charge in [0, 0.05) is 19.0 Å². The third kappa shape index (κ3) is 2.88. The lowest BCUT2D eigenvalue weighted by Gasteiger charge is -2.35. The van der Waals surface area contributed by atoms with Crippen molar-refractivity contribution in [1.29, 1.82) is 0 Å². The number of likely N-dealkylation sites (N-methyl/N-ethyl adjacent to an activating group) is 1. The number of benzene rings is 1. The molecule has 2 heteroatoms. The number of hydrogen-bond acceptors (Lipinski definition) is 2. The van der Waals surface area contributed by atoms with Crippen LogP contribution in [-0.2, 0) is 6.42 Å². The van der Waals surface area contributed by atoms with Crippen molar-refractivity contribution < 1.29 is 0 Å². The van der Waals surface area contributed by atoms with Crippen molar-refractivity contribution >= 4 is 0 Å². The summed E-state index contributed by atoms with van der Waals surface area (Å²) in [5.74, 6) is 1.35. The molecule has 2 unspecified atom stereocenters. The maximum absolute atomic E-state index is 5.70. The number of hydrogen-bond donors (Lipinski definition) is 1. The lowest BCUT2D eigenvalue weighted by Crippen LogP contribution is -2.37. The van der Waals surface area contributed by atoms with Crippen molar-refractivity contribution in [2.75, 3.05) is 26.2 Å². The Bertz CT molecular complexity index is 362. The second-order valence-corrected chi connectivity index (χ2v) is 5.29. The van der Waals surface area contributed by atoms with Crippen LogP contribution in [-0.4, -0.2) is 31.1 Å². The molecule has 1 aliphatic rings. The minimum Gasteiger partial charge on any atom is -0.330 e. The van der Waals surface area contributed by atoms with Gasteiger partial charge in [-0.25, -0.2) is 0 Å². The molecule has 0 aromatic heterocycles. The zero-order chi connectivity index (χ0) is 12.3. The Morgan fingerprint density at radius 3 is 2.82 bits per heavy atom. The highest BCUT2D eigenvalue weighted by molar-refractivity contribution is 5.40. The van der Waals surface area contributed by atoms with E-state index in [1.54, 1.807) is 11.1 Å². The van der Waals surface area contributed by atoms with Crippen molar-refractivity contribution in [3.05, 3.63) is 35.4 Å². The van der Waals surface area contributed by atoms with E-state index in [4.69, 9.17) is 5.73 Å². The van der Waals surface area contributed by atoms with Gasteiger partial charge in [-0.05, 0) is 36.6 Å². The molecule has 2 nitrogen and oxygen atoms in total. The van der Waals surface area contributed by atoms with E-state index >= 15 is 0 Å².